The van der Waals surface area contributed by atoms with Gasteiger partial charge in [-0.25, -0.2) is 0 Å². The molecule has 0 aromatic heterocycles. The number of carbonyl (C=O) groups excluding carboxylic acids is 1. The maximum absolute atomic E-state index is 11.8. The van der Waals surface area contributed by atoms with Crippen LogP contribution >= 0.6 is 0 Å². The highest BCUT2D eigenvalue weighted by molar-refractivity contribution is 5.98. The van der Waals surface area contributed by atoms with Crippen molar-refractivity contribution in [2.24, 2.45) is 0 Å². The maximum atomic E-state index is 11.8. The van der Waals surface area contributed by atoms with Crippen molar-refractivity contribution in [3.8, 4) is 0 Å². The summed E-state index contributed by atoms with van der Waals surface area (Å²) < 4.78 is 10.3. The summed E-state index contributed by atoms with van der Waals surface area (Å²) in [6, 6.07) is 7.52. The lowest BCUT2D eigenvalue weighted by Crippen LogP contribution is -2.20. The van der Waals surface area contributed by atoms with Crippen LogP contribution < -0.4 is 0 Å². The van der Waals surface area contributed by atoms with Gasteiger partial charge in [-0.15, -0.1) is 0 Å². The van der Waals surface area contributed by atoms with Crippen molar-refractivity contribution in [3.05, 3.63) is 35.4 Å². The average molecular weight is 222 g/mol. The van der Waals surface area contributed by atoms with Crippen molar-refractivity contribution in [1.29, 1.82) is 0 Å². The minimum atomic E-state index is -0.0574. The summed E-state index contributed by atoms with van der Waals surface area (Å²) in [5.74, 6) is 0.0149. The number of ether oxygens (including phenoxy) is 2. The first kappa shape index (κ1) is 12.9. The molecule has 0 radical (unpaired) electrons. The Labute approximate surface area is 96.4 Å². The van der Waals surface area contributed by atoms with Gasteiger partial charge >= 0.3 is 0 Å². The molecule has 0 aliphatic heterocycles. The van der Waals surface area contributed by atoms with E-state index in [1.54, 1.807) is 7.11 Å². The second-order valence-electron chi connectivity index (χ2n) is 3.82. The normalized spacial score (nSPS) is 12.4. The monoisotopic (exact) mass is 222 g/mol. The second-order valence-corrected chi connectivity index (χ2v) is 3.82. The van der Waals surface area contributed by atoms with Gasteiger partial charge in [-0.1, -0.05) is 24.3 Å². The Hall–Kier alpha value is -1.19. The van der Waals surface area contributed by atoms with E-state index in [4.69, 9.17) is 9.47 Å². The minimum absolute atomic E-state index is 0.0149. The fourth-order valence-corrected chi connectivity index (χ4v) is 1.46. The van der Waals surface area contributed by atoms with Crippen LogP contribution in [0.25, 0.3) is 0 Å². The summed E-state index contributed by atoms with van der Waals surface area (Å²) in [6.07, 6.45) is -0.0574. The Morgan fingerprint density at radius 3 is 2.69 bits per heavy atom. The van der Waals surface area contributed by atoms with Gasteiger partial charge in [0.05, 0.1) is 12.7 Å². The molecular weight excluding hydrogens is 204 g/mol. The molecule has 0 aliphatic rings. The van der Waals surface area contributed by atoms with Crippen LogP contribution in [0, 0.1) is 6.92 Å². The van der Waals surface area contributed by atoms with Gasteiger partial charge in [0.1, 0.15) is 6.61 Å². The van der Waals surface area contributed by atoms with Crippen molar-refractivity contribution in [3.63, 3.8) is 0 Å². The van der Waals surface area contributed by atoms with E-state index in [0.29, 0.717) is 6.61 Å². The van der Waals surface area contributed by atoms with Gasteiger partial charge in [0.25, 0.3) is 0 Å². The van der Waals surface area contributed by atoms with Crippen LogP contribution in [0.3, 0.4) is 0 Å². The van der Waals surface area contributed by atoms with Gasteiger partial charge < -0.3 is 9.47 Å². The summed E-state index contributed by atoms with van der Waals surface area (Å²) in [4.78, 5) is 11.8. The molecule has 1 unspecified atom stereocenters. The third-order valence-corrected chi connectivity index (χ3v) is 2.35. The highest BCUT2D eigenvalue weighted by atomic mass is 16.5. The summed E-state index contributed by atoms with van der Waals surface area (Å²) in [5.41, 5.74) is 1.71. The van der Waals surface area contributed by atoms with Crippen LogP contribution in [-0.4, -0.2) is 32.2 Å². The summed E-state index contributed by atoms with van der Waals surface area (Å²) in [5, 5.41) is 0. The molecule has 0 amide bonds. The molecule has 0 bridgehead atoms. The number of rotatable bonds is 6. The summed E-state index contributed by atoms with van der Waals surface area (Å²) in [6.45, 7) is 4.41. The summed E-state index contributed by atoms with van der Waals surface area (Å²) in [7, 11) is 1.61. The average Bonchev–Trinajstić information content (AvgIpc) is 2.27. The van der Waals surface area contributed by atoms with Crippen molar-refractivity contribution in [1.82, 2.24) is 0 Å². The van der Waals surface area contributed by atoms with Crippen LogP contribution in [0.4, 0.5) is 0 Å². The minimum Gasteiger partial charge on any atom is -0.382 e. The molecule has 0 spiro atoms. The van der Waals surface area contributed by atoms with E-state index in [9.17, 15) is 4.79 Å². The van der Waals surface area contributed by atoms with E-state index < -0.39 is 0 Å². The fraction of sp³-hybridized carbons (Fsp3) is 0.462. The SMILES string of the molecule is COCC(C)OCC(=O)c1ccccc1C. The van der Waals surface area contributed by atoms with Crippen LogP contribution in [-0.2, 0) is 9.47 Å². The van der Waals surface area contributed by atoms with Crippen LogP contribution in [0.15, 0.2) is 24.3 Å². The molecule has 0 N–H and O–H groups in total. The first-order chi connectivity index (χ1) is 7.65. The molecule has 88 valence electrons. The smallest absolute Gasteiger partial charge is 0.188 e. The number of Topliss-reactive ketones (excluding diaryl/α,β-unsaturated/α-hetero) is 1. The lowest BCUT2D eigenvalue weighted by atomic mass is 10.1. The molecule has 0 saturated carbocycles. The number of benzene rings is 1. The van der Waals surface area contributed by atoms with Crippen LogP contribution in [0.5, 0.6) is 0 Å². The maximum Gasteiger partial charge on any atom is 0.188 e. The summed E-state index contributed by atoms with van der Waals surface area (Å²) >= 11 is 0. The number of ketones is 1. The highest BCUT2D eigenvalue weighted by Crippen LogP contribution is 2.08. The quantitative estimate of drug-likeness (QED) is 0.692. The molecule has 0 fully saturated rings. The first-order valence-electron chi connectivity index (χ1n) is 5.34. The number of hydrogen-bond acceptors (Lipinski definition) is 3. The van der Waals surface area contributed by atoms with E-state index in [1.165, 1.54) is 0 Å². The predicted octanol–water partition coefficient (Wildman–Crippen LogP) is 2.23. The first-order valence-corrected chi connectivity index (χ1v) is 5.34. The number of carbonyl (C=O) groups is 1. The second kappa shape index (κ2) is 6.40. The Morgan fingerprint density at radius 2 is 2.06 bits per heavy atom. The van der Waals surface area contributed by atoms with Gasteiger partial charge in [-0.3, -0.25) is 4.79 Å². The topological polar surface area (TPSA) is 35.5 Å². The van der Waals surface area contributed by atoms with Crippen LogP contribution in [0.2, 0.25) is 0 Å². The van der Waals surface area contributed by atoms with E-state index in [-0.39, 0.29) is 18.5 Å². The standard InChI is InChI=1S/C13H18O3/c1-10-6-4-5-7-12(10)13(14)9-16-11(2)8-15-3/h4-7,11H,8-9H2,1-3H3. The van der Waals surface area contributed by atoms with Gasteiger partial charge in [-0.2, -0.15) is 0 Å². The molecule has 1 atom stereocenters. The van der Waals surface area contributed by atoms with E-state index >= 15 is 0 Å². The van der Waals surface area contributed by atoms with Crippen molar-refractivity contribution in [2.75, 3.05) is 20.3 Å². The molecule has 1 aromatic carbocycles. The largest absolute Gasteiger partial charge is 0.382 e. The molecule has 1 rings (SSSR count). The van der Waals surface area contributed by atoms with E-state index in [2.05, 4.69) is 0 Å². The van der Waals surface area contributed by atoms with Crippen molar-refractivity contribution in [2.45, 2.75) is 20.0 Å². The third-order valence-electron chi connectivity index (χ3n) is 2.35. The Balaban J connectivity index is 2.50. The Morgan fingerprint density at radius 1 is 1.38 bits per heavy atom. The predicted molar refractivity (Wildman–Crippen MR) is 62.8 cm³/mol. The molecule has 16 heavy (non-hydrogen) atoms. The highest BCUT2D eigenvalue weighted by Gasteiger charge is 2.10. The van der Waals surface area contributed by atoms with Crippen LogP contribution in [0.1, 0.15) is 22.8 Å². The molecule has 3 heteroatoms. The zero-order valence-corrected chi connectivity index (χ0v) is 10.0. The van der Waals surface area contributed by atoms with E-state index in [1.807, 2.05) is 38.1 Å². The van der Waals surface area contributed by atoms with Crippen molar-refractivity contribution < 1.29 is 14.3 Å². The Kier molecular flexibility index (Phi) is 5.15. The van der Waals surface area contributed by atoms with E-state index in [0.717, 1.165) is 11.1 Å². The third kappa shape index (κ3) is 3.76. The van der Waals surface area contributed by atoms with Gasteiger partial charge in [0.15, 0.2) is 5.78 Å². The molecule has 0 saturated heterocycles. The molecule has 3 nitrogen and oxygen atoms in total. The zero-order valence-electron chi connectivity index (χ0n) is 10.0. The molecule has 0 aliphatic carbocycles. The Bertz CT molecular complexity index is 347. The number of aryl methyl sites for hydroxylation is 1. The molecule has 1 aromatic rings. The van der Waals surface area contributed by atoms with Gasteiger partial charge in [0, 0.05) is 12.7 Å². The number of methoxy groups -OCH3 is 1. The molecule has 0 heterocycles. The van der Waals surface area contributed by atoms with Gasteiger partial charge in [0.2, 0.25) is 0 Å². The van der Waals surface area contributed by atoms with Crippen molar-refractivity contribution >= 4 is 5.78 Å². The number of hydrogen-bond donors (Lipinski definition) is 0. The van der Waals surface area contributed by atoms with Gasteiger partial charge in [-0.05, 0) is 19.4 Å². The fourth-order valence-electron chi connectivity index (χ4n) is 1.46. The molecular formula is C13H18O3. The lowest BCUT2D eigenvalue weighted by Gasteiger charge is -2.11. The lowest BCUT2D eigenvalue weighted by molar-refractivity contribution is 0.0125. The zero-order chi connectivity index (χ0) is 12.0.